The Morgan fingerprint density at radius 2 is 2.24 bits per heavy atom. The average molecular weight is 238 g/mol. The van der Waals surface area contributed by atoms with Gasteiger partial charge < -0.3 is 9.47 Å². The van der Waals surface area contributed by atoms with Gasteiger partial charge in [-0.05, 0) is 12.3 Å². The SMILES string of the molecule is CCCC(C)COc1cncc(C(=O)OC)n1. The van der Waals surface area contributed by atoms with Crippen molar-refractivity contribution in [3.8, 4) is 5.88 Å². The smallest absolute Gasteiger partial charge is 0.358 e. The van der Waals surface area contributed by atoms with Gasteiger partial charge in [-0.2, -0.15) is 0 Å². The summed E-state index contributed by atoms with van der Waals surface area (Å²) in [7, 11) is 1.31. The van der Waals surface area contributed by atoms with E-state index >= 15 is 0 Å². The Morgan fingerprint density at radius 1 is 1.47 bits per heavy atom. The van der Waals surface area contributed by atoms with Gasteiger partial charge in [0.05, 0.1) is 26.1 Å². The fraction of sp³-hybridized carbons (Fsp3) is 0.583. The second-order valence-corrected chi connectivity index (χ2v) is 3.94. The lowest BCUT2D eigenvalue weighted by Gasteiger charge is -2.11. The van der Waals surface area contributed by atoms with Crippen molar-refractivity contribution in [2.24, 2.45) is 5.92 Å². The molecule has 1 aromatic heterocycles. The molecular weight excluding hydrogens is 220 g/mol. The number of hydrogen-bond acceptors (Lipinski definition) is 5. The number of esters is 1. The summed E-state index contributed by atoms with van der Waals surface area (Å²) in [5.41, 5.74) is 0.160. The molecule has 5 heteroatoms. The number of nitrogens with zero attached hydrogens (tertiary/aromatic N) is 2. The zero-order chi connectivity index (χ0) is 12.7. The van der Waals surface area contributed by atoms with Crippen molar-refractivity contribution in [1.29, 1.82) is 0 Å². The first-order chi connectivity index (χ1) is 8.17. The Morgan fingerprint density at radius 3 is 2.88 bits per heavy atom. The third-order valence-corrected chi connectivity index (χ3v) is 2.30. The largest absolute Gasteiger partial charge is 0.476 e. The predicted octanol–water partition coefficient (Wildman–Crippen LogP) is 2.08. The van der Waals surface area contributed by atoms with Crippen LogP contribution >= 0.6 is 0 Å². The van der Waals surface area contributed by atoms with Crippen LogP contribution in [0.4, 0.5) is 0 Å². The van der Waals surface area contributed by atoms with Gasteiger partial charge in [-0.25, -0.2) is 9.78 Å². The second kappa shape index (κ2) is 6.83. The van der Waals surface area contributed by atoms with Crippen LogP contribution in [0.2, 0.25) is 0 Å². The van der Waals surface area contributed by atoms with Crippen LogP contribution in [0.1, 0.15) is 37.2 Å². The molecule has 1 rings (SSSR count). The monoisotopic (exact) mass is 238 g/mol. The predicted molar refractivity (Wildman–Crippen MR) is 62.9 cm³/mol. The summed E-state index contributed by atoms with van der Waals surface area (Å²) in [6.45, 7) is 4.82. The topological polar surface area (TPSA) is 61.3 Å². The van der Waals surface area contributed by atoms with Gasteiger partial charge >= 0.3 is 5.97 Å². The van der Waals surface area contributed by atoms with Gasteiger partial charge in [-0.1, -0.05) is 20.3 Å². The Labute approximate surface area is 101 Å². The van der Waals surface area contributed by atoms with Crippen LogP contribution in [0.25, 0.3) is 0 Å². The fourth-order valence-corrected chi connectivity index (χ4v) is 1.42. The number of rotatable bonds is 6. The van der Waals surface area contributed by atoms with Crippen molar-refractivity contribution in [3.63, 3.8) is 0 Å². The molecule has 94 valence electrons. The molecule has 0 aliphatic carbocycles. The van der Waals surface area contributed by atoms with Gasteiger partial charge in [0.2, 0.25) is 5.88 Å². The van der Waals surface area contributed by atoms with E-state index in [1.807, 2.05) is 0 Å². The lowest BCUT2D eigenvalue weighted by Crippen LogP contribution is -2.11. The molecule has 0 fully saturated rings. The van der Waals surface area contributed by atoms with E-state index in [9.17, 15) is 4.79 Å². The molecule has 0 radical (unpaired) electrons. The summed E-state index contributed by atoms with van der Waals surface area (Å²) in [4.78, 5) is 19.1. The van der Waals surface area contributed by atoms with Crippen molar-refractivity contribution in [2.45, 2.75) is 26.7 Å². The zero-order valence-corrected chi connectivity index (χ0v) is 10.5. The van der Waals surface area contributed by atoms with Gasteiger partial charge in [-0.15, -0.1) is 0 Å². The highest BCUT2D eigenvalue weighted by Gasteiger charge is 2.09. The summed E-state index contributed by atoms with van der Waals surface area (Å²) in [5.74, 6) is 0.309. The third-order valence-electron chi connectivity index (χ3n) is 2.30. The van der Waals surface area contributed by atoms with E-state index in [0.29, 0.717) is 18.4 Å². The van der Waals surface area contributed by atoms with Crippen molar-refractivity contribution < 1.29 is 14.3 Å². The molecule has 0 saturated heterocycles. The maximum absolute atomic E-state index is 11.2. The highest BCUT2D eigenvalue weighted by molar-refractivity contribution is 5.86. The summed E-state index contributed by atoms with van der Waals surface area (Å²) >= 11 is 0. The Hall–Kier alpha value is -1.65. The summed E-state index contributed by atoms with van der Waals surface area (Å²) in [6, 6.07) is 0. The molecule has 0 spiro atoms. The summed E-state index contributed by atoms with van der Waals surface area (Å²) in [5, 5.41) is 0. The molecule has 1 atom stereocenters. The molecular formula is C12H18N2O3. The molecule has 0 saturated carbocycles. The van der Waals surface area contributed by atoms with Crippen molar-refractivity contribution in [1.82, 2.24) is 9.97 Å². The van der Waals surface area contributed by atoms with Crippen LogP contribution in [0, 0.1) is 5.92 Å². The van der Waals surface area contributed by atoms with Gasteiger partial charge in [0, 0.05) is 0 Å². The molecule has 0 N–H and O–H groups in total. The van der Waals surface area contributed by atoms with E-state index in [-0.39, 0.29) is 5.69 Å². The number of carbonyl (C=O) groups excluding carboxylic acids is 1. The minimum atomic E-state index is -0.510. The van der Waals surface area contributed by atoms with Gasteiger partial charge in [0.15, 0.2) is 5.69 Å². The summed E-state index contributed by atoms with van der Waals surface area (Å²) < 4.78 is 10.0. The molecule has 0 bridgehead atoms. The first-order valence-electron chi connectivity index (χ1n) is 5.70. The highest BCUT2D eigenvalue weighted by Crippen LogP contribution is 2.10. The van der Waals surface area contributed by atoms with E-state index < -0.39 is 5.97 Å². The lowest BCUT2D eigenvalue weighted by molar-refractivity contribution is 0.0592. The summed E-state index contributed by atoms with van der Waals surface area (Å²) in [6.07, 6.45) is 5.07. The number of aromatic nitrogens is 2. The Kier molecular flexibility index (Phi) is 5.39. The van der Waals surface area contributed by atoms with Crippen molar-refractivity contribution in [3.05, 3.63) is 18.1 Å². The van der Waals surface area contributed by atoms with Gasteiger partial charge in [-0.3, -0.25) is 4.98 Å². The van der Waals surface area contributed by atoms with Gasteiger partial charge in [0.25, 0.3) is 0 Å². The number of ether oxygens (including phenoxy) is 2. The maximum Gasteiger partial charge on any atom is 0.358 e. The molecule has 1 aromatic rings. The normalized spacial score (nSPS) is 11.9. The van der Waals surface area contributed by atoms with Crippen LogP contribution in [0.15, 0.2) is 12.4 Å². The highest BCUT2D eigenvalue weighted by atomic mass is 16.5. The van der Waals surface area contributed by atoms with Crippen LogP contribution in [-0.4, -0.2) is 29.7 Å². The van der Waals surface area contributed by atoms with E-state index in [1.54, 1.807) is 0 Å². The first kappa shape index (κ1) is 13.4. The van der Waals surface area contributed by atoms with Crippen LogP contribution in [0.3, 0.4) is 0 Å². The Bertz CT molecular complexity index is 369. The zero-order valence-electron chi connectivity index (χ0n) is 10.5. The minimum absolute atomic E-state index is 0.160. The van der Waals surface area contributed by atoms with Crippen LogP contribution in [-0.2, 0) is 4.74 Å². The second-order valence-electron chi connectivity index (χ2n) is 3.94. The minimum Gasteiger partial charge on any atom is -0.476 e. The molecule has 1 unspecified atom stereocenters. The molecule has 17 heavy (non-hydrogen) atoms. The number of hydrogen-bond donors (Lipinski definition) is 0. The van der Waals surface area contributed by atoms with Crippen LogP contribution in [0.5, 0.6) is 5.88 Å². The van der Waals surface area contributed by atoms with E-state index in [1.165, 1.54) is 19.5 Å². The standard InChI is InChI=1S/C12H18N2O3/c1-4-5-9(2)8-17-11-7-13-6-10(14-11)12(15)16-3/h6-7,9H,4-5,8H2,1-3H3. The van der Waals surface area contributed by atoms with E-state index in [2.05, 4.69) is 28.6 Å². The molecule has 5 nitrogen and oxygen atoms in total. The average Bonchev–Trinajstić information content (AvgIpc) is 2.36. The quantitative estimate of drug-likeness (QED) is 0.710. The Balaban J connectivity index is 2.57. The third kappa shape index (κ3) is 4.38. The first-order valence-corrected chi connectivity index (χ1v) is 5.70. The molecule has 0 aliphatic heterocycles. The molecule has 0 amide bonds. The van der Waals surface area contributed by atoms with E-state index in [0.717, 1.165) is 12.8 Å². The molecule has 0 aliphatic rings. The maximum atomic E-state index is 11.2. The van der Waals surface area contributed by atoms with Crippen LogP contribution < -0.4 is 4.74 Å². The molecule has 0 aromatic carbocycles. The van der Waals surface area contributed by atoms with Crippen molar-refractivity contribution >= 4 is 5.97 Å². The fourth-order valence-electron chi connectivity index (χ4n) is 1.42. The lowest BCUT2D eigenvalue weighted by atomic mass is 10.1. The molecule has 1 heterocycles. The van der Waals surface area contributed by atoms with E-state index in [4.69, 9.17) is 4.74 Å². The number of methoxy groups -OCH3 is 1. The number of carbonyl (C=O) groups is 1. The van der Waals surface area contributed by atoms with Gasteiger partial charge in [0.1, 0.15) is 0 Å². The van der Waals surface area contributed by atoms with Crippen molar-refractivity contribution in [2.75, 3.05) is 13.7 Å².